The van der Waals surface area contributed by atoms with E-state index in [4.69, 9.17) is 0 Å². The highest BCUT2D eigenvalue weighted by atomic mass is 19.4. The molecule has 2 aromatic carbocycles. The second-order valence-electron chi connectivity index (χ2n) is 6.18. The molecule has 1 heterocycles. The molecule has 0 amide bonds. The summed E-state index contributed by atoms with van der Waals surface area (Å²) in [6, 6.07) is 10.5. The van der Waals surface area contributed by atoms with Crippen LogP contribution >= 0.6 is 0 Å². The normalized spacial score (nSPS) is 18.0. The molecule has 2 aromatic rings. The van der Waals surface area contributed by atoms with E-state index in [0.29, 0.717) is 18.7 Å². The van der Waals surface area contributed by atoms with E-state index in [9.17, 15) is 18.3 Å². The number of alkyl halides is 3. The Labute approximate surface area is 139 Å². The third-order valence-electron chi connectivity index (χ3n) is 4.57. The number of hydrogen-bond acceptors (Lipinski definition) is 3. The molecule has 24 heavy (non-hydrogen) atoms. The summed E-state index contributed by atoms with van der Waals surface area (Å²) < 4.78 is 38.5. The number of phenols is 1. The molecule has 0 aromatic heterocycles. The van der Waals surface area contributed by atoms with E-state index in [-0.39, 0.29) is 12.2 Å². The van der Waals surface area contributed by atoms with Crippen LogP contribution in [0.4, 0.5) is 13.2 Å². The number of hydrogen-bond donors (Lipinski definition) is 2. The van der Waals surface area contributed by atoms with Crippen molar-refractivity contribution in [2.45, 2.75) is 25.1 Å². The van der Waals surface area contributed by atoms with Gasteiger partial charge in [0, 0.05) is 44.2 Å². The Morgan fingerprint density at radius 3 is 2.50 bits per heavy atom. The van der Waals surface area contributed by atoms with Crippen LogP contribution in [-0.2, 0) is 0 Å². The summed E-state index contributed by atoms with van der Waals surface area (Å²) in [5, 5.41) is 15.4. The van der Waals surface area contributed by atoms with E-state index >= 15 is 0 Å². The second kappa shape index (κ2) is 6.99. The first-order valence-electron chi connectivity index (χ1n) is 8.18. The lowest BCUT2D eigenvalue weighted by Crippen LogP contribution is -2.45. The summed E-state index contributed by atoms with van der Waals surface area (Å²) in [7, 11) is 0. The Bertz CT molecular complexity index is 696. The first-order valence-corrected chi connectivity index (χ1v) is 8.18. The fourth-order valence-corrected chi connectivity index (χ4v) is 3.44. The van der Waals surface area contributed by atoms with Gasteiger partial charge >= 0.3 is 6.18 Å². The van der Waals surface area contributed by atoms with Crippen molar-refractivity contribution in [3.05, 3.63) is 42.0 Å². The van der Waals surface area contributed by atoms with Gasteiger partial charge in [-0.25, -0.2) is 0 Å². The number of nitrogens with zero attached hydrogens (tertiary/aromatic N) is 1. The number of rotatable bonds is 4. The molecule has 0 spiro atoms. The molecule has 6 heteroatoms. The minimum absolute atomic E-state index is 0.0505. The summed E-state index contributed by atoms with van der Waals surface area (Å²) in [4.78, 5) is 2.05. The predicted octanol–water partition coefficient (Wildman–Crippen LogP) is 3.83. The zero-order chi connectivity index (χ0) is 17.2. The van der Waals surface area contributed by atoms with E-state index in [1.165, 1.54) is 0 Å². The first kappa shape index (κ1) is 17.0. The van der Waals surface area contributed by atoms with Crippen LogP contribution < -0.4 is 5.32 Å². The topological polar surface area (TPSA) is 35.5 Å². The van der Waals surface area contributed by atoms with Gasteiger partial charge in [0.15, 0.2) is 0 Å². The van der Waals surface area contributed by atoms with Gasteiger partial charge in [0.05, 0.1) is 0 Å². The van der Waals surface area contributed by atoms with Crippen LogP contribution in [0.2, 0.25) is 0 Å². The van der Waals surface area contributed by atoms with Crippen LogP contribution in [0.25, 0.3) is 10.8 Å². The molecule has 130 valence electrons. The van der Waals surface area contributed by atoms with Gasteiger partial charge < -0.3 is 10.4 Å². The second-order valence-corrected chi connectivity index (χ2v) is 6.18. The van der Waals surface area contributed by atoms with Crippen molar-refractivity contribution in [2.24, 2.45) is 0 Å². The fraction of sp³-hybridized carbons (Fsp3) is 0.444. The van der Waals surface area contributed by atoms with E-state index in [2.05, 4.69) is 5.32 Å². The highest BCUT2D eigenvalue weighted by Gasteiger charge is 2.33. The number of aromatic hydroxyl groups is 1. The van der Waals surface area contributed by atoms with E-state index < -0.39 is 18.6 Å². The number of phenolic OH excluding ortho intramolecular Hbond substituents is 1. The molecule has 0 radical (unpaired) electrons. The SMILES string of the molecule is Oc1ccc2ccccc2c1[C@H](CCC(F)(F)F)N1CCNCC1. The minimum atomic E-state index is -4.20. The molecule has 1 aliphatic heterocycles. The van der Waals surface area contributed by atoms with Gasteiger partial charge in [-0.05, 0) is 23.3 Å². The number of nitrogens with one attached hydrogen (secondary N) is 1. The monoisotopic (exact) mass is 338 g/mol. The third-order valence-corrected chi connectivity index (χ3v) is 4.57. The van der Waals surface area contributed by atoms with Gasteiger partial charge in [-0.1, -0.05) is 30.3 Å². The fourth-order valence-electron chi connectivity index (χ4n) is 3.44. The summed E-state index contributed by atoms with van der Waals surface area (Å²) in [5.74, 6) is 0.0689. The van der Waals surface area contributed by atoms with Crippen LogP contribution in [-0.4, -0.2) is 42.4 Å². The highest BCUT2D eigenvalue weighted by molar-refractivity contribution is 5.88. The maximum Gasteiger partial charge on any atom is 0.389 e. The average Bonchev–Trinajstić information content (AvgIpc) is 2.57. The first-order chi connectivity index (χ1) is 11.5. The van der Waals surface area contributed by atoms with Crippen LogP contribution in [0.5, 0.6) is 5.75 Å². The zero-order valence-corrected chi connectivity index (χ0v) is 13.3. The Balaban J connectivity index is 2.02. The van der Waals surface area contributed by atoms with Crippen LogP contribution in [0.1, 0.15) is 24.4 Å². The Hall–Kier alpha value is -1.79. The molecule has 1 aliphatic rings. The number of fused-ring (bicyclic) bond motifs is 1. The van der Waals surface area contributed by atoms with Crippen molar-refractivity contribution in [3.63, 3.8) is 0 Å². The molecule has 2 N–H and O–H groups in total. The average molecular weight is 338 g/mol. The smallest absolute Gasteiger partial charge is 0.389 e. The molecule has 1 fully saturated rings. The van der Waals surface area contributed by atoms with Gasteiger partial charge in [-0.2, -0.15) is 13.2 Å². The van der Waals surface area contributed by atoms with E-state index in [0.717, 1.165) is 23.9 Å². The van der Waals surface area contributed by atoms with Gasteiger partial charge in [-0.15, -0.1) is 0 Å². The van der Waals surface area contributed by atoms with Crippen LogP contribution in [0.3, 0.4) is 0 Å². The Kier molecular flexibility index (Phi) is 4.96. The summed E-state index contributed by atoms with van der Waals surface area (Å²) in [6.45, 7) is 2.83. The summed E-state index contributed by atoms with van der Waals surface area (Å²) >= 11 is 0. The third kappa shape index (κ3) is 3.82. The summed E-state index contributed by atoms with van der Waals surface area (Å²) in [6.07, 6.45) is -5.11. The lowest BCUT2D eigenvalue weighted by molar-refractivity contribution is -0.138. The van der Waals surface area contributed by atoms with Crippen molar-refractivity contribution >= 4 is 10.8 Å². The molecule has 0 aliphatic carbocycles. The van der Waals surface area contributed by atoms with Gasteiger partial charge in [0.2, 0.25) is 0 Å². The van der Waals surface area contributed by atoms with Gasteiger partial charge in [0.25, 0.3) is 0 Å². The molecule has 0 unspecified atom stereocenters. The Morgan fingerprint density at radius 2 is 1.79 bits per heavy atom. The molecule has 3 rings (SSSR count). The van der Waals surface area contributed by atoms with Crippen molar-refractivity contribution in [3.8, 4) is 5.75 Å². The number of halogens is 3. The lowest BCUT2D eigenvalue weighted by atomic mass is 9.93. The van der Waals surface area contributed by atoms with E-state index in [1.54, 1.807) is 12.1 Å². The molecular weight excluding hydrogens is 317 g/mol. The highest BCUT2D eigenvalue weighted by Crippen LogP contribution is 2.39. The number of piperazine rings is 1. The predicted molar refractivity (Wildman–Crippen MR) is 88.1 cm³/mol. The zero-order valence-electron chi connectivity index (χ0n) is 13.3. The molecule has 1 saturated heterocycles. The summed E-state index contributed by atoms with van der Waals surface area (Å²) in [5.41, 5.74) is 0.610. The lowest BCUT2D eigenvalue weighted by Gasteiger charge is -2.36. The van der Waals surface area contributed by atoms with E-state index in [1.807, 2.05) is 29.2 Å². The van der Waals surface area contributed by atoms with Crippen molar-refractivity contribution in [1.82, 2.24) is 10.2 Å². The molecule has 0 bridgehead atoms. The largest absolute Gasteiger partial charge is 0.508 e. The van der Waals surface area contributed by atoms with Crippen LogP contribution in [0, 0.1) is 0 Å². The maximum atomic E-state index is 12.8. The minimum Gasteiger partial charge on any atom is -0.508 e. The van der Waals surface area contributed by atoms with Crippen LogP contribution in [0.15, 0.2) is 36.4 Å². The van der Waals surface area contributed by atoms with Crippen molar-refractivity contribution in [1.29, 1.82) is 0 Å². The molecular formula is C18H21F3N2O. The Morgan fingerprint density at radius 1 is 1.08 bits per heavy atom. The molecule has 3 nitrogen and oxygen atoms in total. The number of benzene rings is 2. The van der Waals surface area contributed by atoms with Crippen molar-refractivity contribution in [2.75, 3.05) is 26.2 Å². The quantitative estimate of drug-likeness (QED) is 0.889. The van der Waals surface area contributed by atoms with Crippen molar-refractivity contribution < 1.29 is 18.3 Å². The van der Waals surface area contributed by atoms with Gasteiger partial charge in [0.1, 0.15) is 5.75 Å². The maximum absolute atomic E-state index is 12.8. The molecule has 0 saturated carbocycles. The molecule has 1 atom stereocenters. The standard InChI is InChI=1S/C18H21F3N2O/c19-18(20,21)8-7-15(23-11-9-22-10-12-23)17-14-4-2-1-3-13(14)5-6-16(17)24/h1-6,15,22,24H,7-12H2/t15-/m0/s1. The van der Waals surface area contributed by atoms with Gasteiger partial charge in [-0.3, -0.25) is 4.90 Å².